The number of anilines is 1. The van der Waals surface area contributed by atoms with E-state index in [1.807, 2.05) is 24.5 Å². The summed E-state index contributed by atoms with van der Waals surface area (Å²) in [4.78, 5) is 4.21. The van der Waals surface area contributed by atoms with Crippen molar-refractivity contribution in [3.8, 4) is 0 Å². The summed E-state index contributed by atoms with van der Waals surface area (Å²) < 4.78 is 2.05. The van der Waals surface area contributed by atoms with Gasteiger partial charge in [0.2, 0.25) is 0 Å². The van der Waals surface area contributed by atoms with Crippen molar-refractivity contribution in [3.05, 3.63) is 30.6 Å². The lowest BCUT2D eigenvalue weighted by Gasteiger charge is -2.06. The quantitative estimate of drug-likeness (QED) is 0.774. The van der Waals surface area contributed by atoms with Gasteiger partial charge >= 0.3 is 0 Å². The van der Waals surface area contributed by atoms with Crippen molar-refractivity contribution < 1.29 is 0 Å². The van der Waals surface area contributed by atoms with Crippen LogP contribution in [0.5, 0.6) is 0 Å². The fourth-order valence-electron chi connectivity index (χ4n) is 1.34. The molecule has 3 nitrogen and oxygen atoms in total. The van der Waals surface area contributed by atoms with Gasteiger partial charge in [-0.25, -0.2) is 4.98 Å². The Labute approximate surface area is 77.4 Å². The number of fused-ring (bicyclic) bond motifs is 1. The van der Waals surface area contributed by atoms with Crippen molar-refractivity contribution in [1.29, 1.82) is 0 Å². The Morgan fingerprint density at radius 2 is 2.38 bits per heavy atom. The van der Waals surface area contributed by atoms with Gasteiger partial charge in [0.1, 0.15) is 11.5 Å². The summed E-state index contributed by atoms with van der Waals surface area (Å²) in [6, 6.07) is 6.07. The summed E-state index contributed by atoms with van der Waals surface area (Å²) in [6.45, 7) is 3.15. The third-order valence-electron chi connectivity index (χ3n) is 1.98. The monoisotopic (exact) mass is 175 g/mol. The van der Waals surface area contributed by atoms with Crippen LogP contribution in [0.4, 0.5) is 5.82 Å². The lowest BCUT2D eigenvalue weighted by atomic mass is 10.4. The zero-order valence-corrected chi connectivity index (χ0v) is 7.70. The molecule has 0 amide bonds. The molecule has 0 fully saturated rings. The number of nitrogens with zero attached hydrogens (tertiary/aromatic N) is 2. The van der Waals surface area contributed by atoms with Gasteiger partial charge in [-0.15, -0.1) is 0 Å². The second-order valence-corrected chi connectivity index (χ2v) is 2.99. The third kappa shape index (κ3) is 1.49. The van der Waals surface area contributed by atoms with E-state index in [1.54, 1.807) is 0 Å². The van der Waals surface area contributed by atoms with Crippen molar-refractivity contribution >= 4 is 11.5 Å². The van der Waals surface area contributed by atoms with Gasteiger partial charge in [0.25, 0.3) is 0 Å². The van der Waals surface area contributed by atoms with Gasteiger partial charge in [-0.05, 0) is 18.6 Å². The first-order valence-corrected chi connectivity index (χ1v) is 4.58. The van der Waals surface area contributed by atoms with E-state index < -0.39 is 0 Å². The molecule has 2 rings (SSSR count). The van der Waals surface area contributed by atoms with E-state index in [0.29, 0.717) is 0 Å². The van der Waals surface area contributed by atoms with Gasteiger partial charge < -0.3 is 5.32 Å². The second-order valence-electron chi connectivity index (χ2n) is 2.99. The lowest BCUT2D eigenvalue weighted by molar-refractivity contribution is 0.961. The number of rotatable bonds is 3. The van der Waals surface area contributed by atoms with Gasteiger partial charge in [0, 0.05) is 18.9 Å². The third-order valence-corrected chi connectivity index (χ3v) is 1.98. The highest BCUT2D eigenvalue weighted by atomic mass is 15.1. The molecule has 2 aromatic rings. The van der Waals surface area contributed by atoms with E-state index in [-0.39, 0.29) is 0 Å². The number of hydrogen-bond donors (Lipinski definition) is 1. The van der Waals surface area contributed by atoms with E-state index in [0.717, 1.165) is 24.4 Å². The van der Waals surface area contributed by atoms with Crippen LogP contribution in [0.25, 0.3) is 5.65 Å². The summed E-state index contributed by atoms with van der Waals surface area (Å²) in [5, 5.41) is 3.35. The van der Waals surface area contributed by atoms with E-state index in [2.05, 4.69) is 27.7 Å². The predicted octanol–water partition coefficient (Wildman–Crippen LogP) is 2.16. The first kappa shape index (κ1) is 8.10. The van der Waals surface area contributed by atoms with Crippen LogP contribution in [0.3, 0.4) is 0 Å². The van der Waals surface area contributed by atoms with Crippen LogP contribution in [0.1, 0.15) is 13.3 Å². The molecule has 0 saturated carbocycles. The molecule has 0 unspecified atom stereocenters. The molecule has 0 radical (unpaired) electrons. The minimum Gasteiger partial charge on any atom is -0.371 e. The van der Waals surface area contributed by atoms with Gasteiger partial charge in [-0.1, -0.05) is 13.0 Å². The SMILES string of the molecule is CCCNc1cccc2nccn12. The predicted molar refractivity (Wildman–Crippen MR) is 54.0 cm³/mol. The standard InChI is InChI=1S/C10H13N3/c1-2-6-11-9-4-3-5-10-12-7-8-13(9)10/h3-5,7-8,11H,2,6H2,1H3. The fourth-order valence-corrected chi connectivity index (χ4v) is 1.34. The minimum absolute atomic E-state index is 0.987. The fraction of sp³-hybridized carbons (Fsp3) is 0.300. The molecule has 0 bridgehead atoms. The van der Waals surface area contributed by atoms with Crippen LogP contribution in [-0.2, 0) is 0 Å². The van der Waals surface area contributed by atoms with Crippen molar-refractivity contribution in [2.45, 2.75) is 13.3 Å². The van der Waals surface area contributed by atoms with E-state index in [4.69, 9.17) is 0 Å². The van der Waals surface area contributed by atoms with Crippen LogP contribution in [-0.4, -0.2) is 15.9 Å². The average molecular weight is 175 g/mol. The Kier molecular flexibility index (Phi) is 2.17. The molecule has 2 aromatic heterocycles. The molecule has 2 heterocycles. The minimum atomic E-state index is 0.987. The number of nitrogens with one attached hydrogen (secondary N) is 1. The second kappa shape index (κ2) is 3.47. The van der Waals surface area contributed by atoms with E-state index >= 15 is 0 Å². The maximum Gasteiger partial charge on any atom is 0.138 e. The molecular formula is C10H13N3. The summed E-state index contributed by atoms with van der Waals surface area (Å²) in [7, 11) is 0. The van der Waals surface area contributed by atoms with Crippen molar-refractivity contribution in [2.24, 2.45) is 0 Å². The molecule has 0 aromatic carbocycles. The summed E-state index contributed by atoms with van der Waals surface area (Å²) in [5.74, 6) is 1.11. The topological polar surface area (TPSA) is 29.3 Å². The Bertz CT molecular complexity index is 392. The Hall–Kier alpha value is -1.51. The molecule has 0 aliphatic heterocycles. The molecule has 0 atom stereocenters. The van der Waals surface area contributed by atoms with E-state index in [9.17, 15) is 0 Å². The van der Waals surface area contributed by atoms with Crippen molar-refractivity contribution in [3.63, 3.8) is 0 Å². The molecule has 13 heavy (non-hydrogen) atoms. The maximum atomic E-state index is 4.21. The normalized spacial score (nSPS) is 10.5. The zero-order chi connectivity index (χ0) is 9.10. The van der Waals surface area contributed by atoms with E-state index in [1.165, 1.54) is 0 Å². The first-order chi connectivity index (χ1) is 6.42. The van der Waals surface area contributed by atoms with Crippen LogP contribution in [0, 0.1) is 0 Å². The average Bonchev–Trinajstić information content (AvgIpc) is 2.62. The zero-order valence-electron chi connectivity index (χ0n) is 7.70. The highest BCUT2D eigenvalue weighted by Gasteiger charge is 1.97. The number of aromatic nitrogens is 2. The van der Waals surface area contributed by atoms with Gasteiger partial charge in [-0.2, -0.15) is 0 Å². The molecule has 68 valence electrons. The Balaban J connectivity index is 2.37. The molecular weight excluding hydrogens is 162 g/mol. The lowest BCUT2D eigenvalue weighted by Crippen LogP contribution is -2.03. The Morgan fingerprint density at radius 1 is 1.46 bits per heavy atom. The van der Waals surface area contributed by atoms with Gasteiger partial charge in [-0.3, -0.25) is 4.40 Å². The van der Waals surface area contributed by atoms with Crippen LogP contribution in [0.15, 0.2) is 30.6 Å². The summed E-state index contributed by atoms with van der Waals surface area (Å²) in [6.07, 6.45) is 4.91. The smallest absolute Gasteiger partial charge is 0.138 e. The molecule has 0 aliphatic carbocycles. The van der Waals surface area contributed by atoms with Crippen LogP contribution < -0.4 is 5.32 Å². The van der Waals surface area contributed by atoms with Crippen molar-refractivity contribution in [2.75, 3.05) is 11.9 Å². The maximum absolute atomic E-state index is 4.21. The number of pyridine rings is 1. The van der Waals surface area contributed by atoms with Gasteiger partial charge in [0.15, 0.2) is 0 Å². The molecule has 1 N–H and O–H groups in total. The summed E-state index contributed by atoms with van der Waals surface area (Å²) in [5.41, 5.74) is 0.987. The molecule has 0 spiro atoms. The summed E-state index contributed by atoms with van der Waals surface area (Å²) >= 11 is 0. The number of hydrogen-bond acceptors (Lipinski definition) is 2. The van der Waals surface area contributed by atoms with Crippen molar-refractivity contribution in [1.82, 2.24) is 9.38 Å². The first-order valence-electron chi connectivity index (χ1n) is 4.58. The van der Waals surface area contributed by atoms with Crippen LogP contribution in [0.2, 0.25) is 0 Å². The Morgan fingerprint density at radius 3 is 3.23 bits per heavy atom. The molecule has 0 aliphatic rings. The molecule has 3 heteroatoms. The van der Waals surface area contributed by atoms with Gasteiger partial charge in [0.05, 0.1) is 0 Å². The number of imidazole rings is 1. The highest BCUT2D eigenvalue weighted by molar-refractivity contribution is 5.49. The van der Waals surface area contributed by atoms with Crippen LogP contribution >= 0.6 is 0 Å². The largest absolute Gasteiger partial charge is 0.371 e. The highest BCUT2D eigenvalue weighted by Crippen LogP contribution is 2.10. The molecule has 0 saturated heterocycles.